The van der Waals surface area contributed by atoms with Gasteiger partial charge in [-0.05, 0) is 13.3 Å². The molecule has 1 amide bonds. The SMILES string of the molecule is CCCC(NC(=O)COCC)C(=O)OC. The molecular formula is C10H19NO4. The summed E-state index contributed by atoms with van der Waals surface area (Å²) in [7, 11) is 1.31. The van der Waals surface area contributed by atoms with E-state index in [1.165, 1.54) is 7.11 Å². The maximum Gasteiger partial charge on any atom is 0.328 e. The molecule has 1 unspecified atom stereocenters. The summed E-state index contributed by atoms with van der Waals surface area (Å²) in [4.78, 5) is 22.5. The zero-order valence-electron chi connectivity index (χ0n) is 9.54. The molecule has 1 atom stereocenters. The van der Waals surface area contributed by atoms with Crippen molar-refractivity contribution in [3.05, 3.63) is 0 Å². The van der Waals surface area contributed by atoms with E-state index >= 15 is 0 Å². The minimum atomic E-state index is -0.562. The molecule has 0 aliphatic rings. The number of hydrogen-bond donors (Lipinski definition) is 1. The molecular weight excluding hydrogens is 198 g/mol. The van der Waals surface area contributed by atoms with Gasteiger partial charge in [0.25, 0.3) is 0 Å². The average Bonchev–Trinajstić information content (AvgIpc) is 2.24. The largest absolute Gasteiger partial charge is 0.467 e. The summed E-state index contributed by atoms with van der Waals surface area (Å²) in [5, 5.41) is 2.56. The van der Waals surface area contributed by atoms with E-state index in [0.29, 0.717) is 13.0 Å². The molecule has 15 heavy (non-hydrogen) atoms. The Bertz CT molecular complexity index is 206. The quantitative estimate of drug-likeness (QED) is 0.630. The first-order valence-electron chi connectivity index (χ1n) is 5.10. The summed E-state index contributed by atoms with van der Waals surface area (Å²) >= 11 is 0. The Kier molecular flexibility index (Phi) is 7.62. The minimum Gasteiger partial charge on any atom is -0.467 e. The van der Waals surface area contributed by atoms with E-state index in [1.807, 2.05) is 6.92 Å². The normalized spacial score (nSPS) is 11.9. The van der Waals surface area contributed by atoms with Gasteiger partial charge in [0.1, 0.15) is 12.6 Å². The van der Waals surface area contributed by atoms with E-state index in [2.05, 4.69) is 10.1 Å². The molecule has 0 aromatic carbocycles. The van der Waals surface area contributed by atoms with E-state index in [4.69, 9.17) is 4.74 Å². The lowest BCUT2D eigenvalue weighted by Crippen LogP contribution is -2.43. The fourth-order valence-corrected chi connectivity index (χ4v) is 1.11. The molecule has 0 aromatic heterocycles. The predicted molar refractivity (Wildman–Crippen MR) is 55.3 cm³/mol. The number of methoxy groups -OCH3 is 1. The van der Waals surface area contributed by atoms with Crippen molar-refractivity contribution in [2.45, 2.75) is 32.7 Å². The van der Waals surface area contributed by atoms with Crippen LogP contribution in [-0.4, -0.2) is 38.2 Å². The van der Waals surface area contributed by atoms with Gasteiger partial charge < -0.3 is 14.8 Å². The van der Waals surface area contributed by atoms with E-state index in [0.717, 1.165) is 6.42 Å². The average molecular weight is 217 g/mol. The molecule has 88 valence electrons. The highest BCUT2D eigenvalue weighted by Crippen LogP contribution is 1.98. The van der Waals surface area contributed by atoms with Gasteiger partial charge in [0, 0.05) is 6.61 Å². The molecule has 0 heterocycles. The second kappa shape index (κ2) is 8.23. The molecule has 0 fully saturated rings. The Balaban J connectivity index is 4.03. The van der Waals surface area contributed by atoms with Crippen LogP contribution in [0.15, 0.2) is 0 Å². The van der Waals surface area contributed by atoms with Crippen LogP contribution in [0.1, 0.15) is 26.7 Å². The lowest BCUT2D eigenvalue weighted by molar-refractivity contribution is -0.145. The fraction of sp³-hybridized carbons (Fsp3) is 0.800. The number of carbonyl (C=O) groups excluding carboxylic acids is 2. The van der Waals surface area contributed by atoms with E-state index in [9.17, 15) is 9.59 Å². The molecule has 0 aliphatic heterocycles. The van der Waals surface area contributed by atoms with Gasteiger partial charge in [-0.3, -0.25) is 4.79 Å². The maximum absolute atomic E-state index is 11.3. The van der Waals surface area contributed by atoms with E-state index < -0.39 is 12.0 Å². The predicted octanol–water partition coefficient (Wildman–Crippen LogP) is 0.481. The smallest absolute Gasteiger partial charge is 0.328 e. The summed E-state index contributed by atoms with van der Waals surface area (Å²) in [5.74, 6) is -0.706. The first-order chi connectivity index (χ1) is 7.15. The lowest BCUT2D eigenvalue weighted by atomic mass is 10.1. The molecule has 0 aliphatic carbocycles. The second-order valence-corrected chi connectivity index (χ2v) is 3.07. The van der Waals surface area contributed by atoms with Crippen molar-refractivity contribution in [1.82, 2.24) is 5.32 Å². The monoisotopic (exact) mass is 217 g/mol. The molecule has 0 radical (unpaired) electrons. The van der Waals surface area contributed by atoms with Gasteiger partial charge in [-0.25, -0.2) is 4.79 Å². The Labute approximate surface area is 90.1 Å². The highest BCUT2D eigenvalue weighted by Gasteiger charge is 2.19. The van der Waals surface area contributed by atoms with Crippen molar-refractivity contribution < 1.29 is 19.1 Å². The van der Waals surface area contributed by atoms with Gasteiger partial charge in [0.15, 0.2) is 0 Å². The maximum atomic E-state index is 11.3. The van der Waals surface area contributed by atoms with Gasteiger partial charge in [-0.2, -0.15) is 0 Å². The van der Waals surface area contributed by atoms with Gasteiger partial charge in [-0.1, -0.05) is 13.3 Å². The van der Waals surface area contributed by atoms with Gasteiger partial charge in [-0.15, -0.1) is 0 Å². The summed E-state index contributed by atoms with van der Waals surface area (Å²) in [5.41, 5.74) is 0. The van der Waals surface area contributed by atoms with Crippen LogP contribution in [0.25, 0.3) is 0 Å². The van der Waals surface area contributed by atoms with Crippen LogP contribution in [0.2, 0.25) is 0 Å². The number of hydrogen-bond acceptors (Lipinski definition) is 4. The Morgan fingerprint density at radius 2 is 2.00 bits per heavy atom. The minimum absolute atomic E-state index is 0.0201. The lowest BCUT2D eigenvalue weighted by Gasteiger charge is -2.15. The molecule has 0 rings (SSSR count). The van der Waals surface area contributed by atoms with Crippen LogP contribution >= 0.6 is 0 Å². The number of esters is 1. The standard InChI is InChI=1S/C10H19NO4/c1-4-6-8(10(13)14-3)11-9(12)7-15-5-2/h8H,4-7H2,1-3H3,(H,11,12). The van der Waals surface area contributed by atoms with E-state index in [-0.39, 0.29) is 12.5 Å². The summed E-state index contributed by atoms with van der Waals surface area (Å²) < 4.78 is 9.50. The molecule has 5 heteroatoms. The third-order valence-corrected chi connectivity index (χ3v) is 1.84. The Morgan fingerprint density at radius 1 is 1.33 bits per heavy atom. The molecule has 5 nitrogen and oxygen atoms in total. The Morgan fingerprint density at radius 3 is 2.47 bits per heavy atom. The zero-order chi connectivity index (χ0) is 11.7. The second-order valence-electron chi connectivity index (χ2n) is 3.07. The van der Waals surface area contributed by atoms with Gasteiger partial charge in [0.2, 0.25) is 5.91 Å². The molecule has 0 spiro atoms. The zero-order valence-corrected chi connectivity index (χ0v) is 9.54. The molecule has 0 saturated heterocycles. The molecule has 0 aromatic rings. The first kappa shape index (κ1) is 13.9. The number of ether oxygens (including phenoxy) is 2. The number of carbonyl (C=O) groups is 2. The topological polar surface area (TPSA) is 64.6 Å². The highest BCUT2D eigenvalue weighted by molar-refractivity contribution is 5.84. The van der Waals surface area contributed by atoms with Crippen molar-refractivity contribution in [1.29, 1.82) is 0 Å². The highest BCUT2D eigenvalue weighted by atomic mass is 16.5. The van der Waals surface area contributed by atoms with Crippen molar-refractivity contribution in [3.8, 4) is 0 Å². The molecule has 1 N–H and O–H groups in total. The van der Waals surface area contributed by atoms with Crippen LogP contribution in [-0.2, 0) is 19.1 Å². The van der Waals surface area contributed by atoms with E-state index in [1.54, 1.807) is 6.92 Å². The van der Waals surface area contributed by atoms with Gasteiger partial charge in [0.05, 0.1) is 7.11 Å². The number of amides is 1. The van der Waals surface area contributed by atoms with Crippen molar-refractivity contribution in [3.63, 3.8) is 0 Å². The summed E-state index contributed by atoms with van der Waals surface area (Å²) in [6, 6.07) is -0.562. The number of rotatable bonds is 7. The molecule has 0 saturated carbocycles. The van der Waals surface area contributed by atoms with Crippen LogP contribution in [0.4, 0.5) is 0 Å². The van der Waals surface area contributed by atoms with Crippen LogP contribution < -0.4 is 5.32 Å². The molecule has 0 bridgehead atoms. The van der Waals surface area contributed by atoms with Crippen molar-refractivity contribution >= 4 is 11.9 Å². The third kappa shape index (κ3) is 6.06. The first-order valence-corrected chi connectivity index (χ1v) is 5.10. The summed E-state index contributed by atoms with van der Waals surface area (Å²) in [6.07, 6.45) is 1.37. The van der Waals surface area contributed by atoms with Gasteiger partial charge >= 0.3 is 5.97 Å². The van der Waals surface area contributed by atoms with Crippen molar-refractivity contribution in [2.75, 3.05) is 20.3 Å². The third-order valence-electron chi connectivity index (χ3n) is 1.84. The van der Waals surface area contributed by atoms with Crippen LogP contribution in [0.5, 0.6) is 0 Å². The fourth-order valence-electron chi connectivity index (χ4n) is 1.11. The van der Waals surface area contributed by atoms with Crippen molar-refractivity contribution in [2.24, 2.45) is 0 Å². The summed E-state index contributed by atoms with van der Waals surface area (Å²) in [6.45, 7) is 4.19. The Hall–Kier alpha value is -1.10. The number of nitrogens with one attached hydrogen (secondary N) is 1. The van der Waals surface area contributed by atoms with Crippen LogP contribution in [0, 0.1) is 0 Å². The van der Waals surface area contributed by atoms with Crippen LogP contribution in [0.3, 0.4) is 0 Å².